The van der Waals surface area contributed by atoms with Crippen LogP contribution in [0.15, 0.2) is 0 Å². The van der Waals surface area contributed by atoms with Crippen molar-refractivity contribution in [3.63, 3.8) is 0 Å². The van der Waals surface area contributed by atoms with Gasteiger partial charge in [0.1, 0.15) is 12.1 Å². The van der Waals surface area contributed by atoms with E-state index >= 15 is 0 Å². The molecule has 2 N–H and O–H groups in total. The van der Waals surface area contributed by atoms with Gasteiger partial charge in [-0.05, 0) is 13.8 Å². The van der Waals surface area contributed by atoms with E-state index in [9.17, 15) is 14.4 Å². The number of hydrogen-bond acceptors (Lipinski definition) is 4. The van der Waals surface area contributed by atoms with Crippen molar-refractivity contribution in [1.29, 1.82) is 0 Å². The normalized spacial score (nSPS) is 23.2. The fourth-order valence-electron chi connectivity index (χ4n) is 2.11. The largest absolute Gasteiger partial charge is 0.339 e. The second-order valence-electron chi connectivity index (χ2n) is 5.08. The van der Waals surface area contributed by atoms with E-state index in [0.717, 1.165) is 18.0 Å². The van der Waals surface area contributed by atoms with Crippen LogP contribution in [0.4, 0.5) is 4.79 Å². The number of carbonyl (C=O) groups is 3. The first kappa shape index (κ1) is 12.8. The average Bonchev–Trinajstić information content (AvgIpc) is 2.52. The summed E-state index contributed by atoms with van der Waals surface area (Å²) >= 11 is 0. The molecule has 18 heavy (non-hydrogen) atoms. The van der Waals surface area contributed by atoms with E-state index in [1.54, 1.807) is 18.7 Å². The minimum absolute atomic E-state index is 0.173. The molecule has 7 nitrogen and oxygen atoms in total. The number of nitrogens with zero attached hydrogens (tertiary/aromatic N) is 2. The van der Waals surface area contributed by atoms with E-state index in [0.29, 0.717) is 13.1 Å². The van der Waals surface area contributed by atoms with Gasteiger partial charge in [0, 0.05) is 26.2 Å². The van der Waals surface area contributed by atoms with Gasteiger partial charge < -0.3 is 15.5 Å². The Morgan fingerprint density at radius 3 is 2.39 bits per heavy atom. The number of hydrogen-bond donors (Lipinski definition) is 2. The molecule has 0 atom stereocenters. The molecule has 0 radical (unpaired) electrons. The summed E-state index contributed by atoms with van der Waals surface area (Å²) in [6, 6.07) is -0.492. The zero-order valence-electron chi connectivity index (χ0n) is 10.7. The Kier molecular flexibility index (Phi) is 3.25. The van der Waals surface area contributed by atoms with Crippen LogP contribution >= 0.6 is 0 Å². The summed E-state index contributed by atoms with van der Waals surface area (Å²) in [6.07, 6.45) is 0. The van der Waals surface area contributed by atoms with Crippen molar-refractivity contribution < 1.29 is 14.4 Å². The van der Waals surface area contributed by atoms with E-state index in [1.807, 2.05) is 0 Å². The van der Waals surface area contributed by atoms with Gasteiger partial charge in [-0.25, -0.2) is 4.79 Å². The quantitative estimate of drug-likeness (QED) is 0.603. The average molecular weight is 254 g/mol. The predicted octanol–water partition coefficient (Wildman–Crippen LogP) is -1.25. The Morgan fingerprint density at radius 2 is 1.89 bits per heavy atom. The summed E-state index contributed by atoms with van der Waals surface area (Å²) in [4.78, 5) is 38.2. The van der Waals surface area contributed by atoms with Crippen molar-refractivity contribution in [3.05, 3.63) is 0 Å². The fraction of sp³-hybridized carbons (Fsp3) is 0.727. The SMILES string of the molecule is CC1(C)NC(=O)N(CC(=O)N2CCNCC2)C1=O. The molecule has 100 valence electrons. The van der Waals surface area contributed by atoms with Crippen LogP contribution in [0.2, 0.25) is 0 Å². The van der Waals surface area contributed by atoms with Gasteiger partial charge >= 0.3 is 6.03 Å². The summed E-state index contributed by atoms with van der Waals surface area (Å²) in [7, 11) is 0. The van der Waals surface area contributed by atoms with Crippen molar-refractivity contribution in [1.82, 2.24) is 20.4 Å². The second kappa shape index (κ2) is 4.56. The molecule has 0 aliphatic carbocycles. The molecule has 2 fully saturated rings. The van der Waals surface area contributed by atoms with E-state index in [-0.39, 0.29) is 18.4 Å². The van der Waals surface area contributed by atoms with Crippen LogP contribution < -0.4 is 10.6 Å². The summed E-state index contributed by atoms with van der Waals surface area (Å²) in [5.74, 6) is -0.534. The molecule has 2 rings (SSSR count). The van der Waals surface area contributed by atoms with Gasteiger partial charge in [-0.1, -0.05) is 0 Å². The van der Waals surface area contributed by atoms with Crippen LogP contribution in [0.1, 0.15) is 13.8 Å². The molecular weight excluding hydrogens is 236 g/mol. The Hall–Kier alpha value is -1.63. The second-order valence-corrected chi connectivity index (χ2v) is 5.08. The minimum Gasteiger partial charge on any atom is -0.339 e. The maximum atomic E-state index is 12.0. The molecule has 0 aromatic carbocycles. The zero-order chi connectivity index (χ0) is 13.3. The number of imide groups is 1. The lowest BCUT2D eigenvalue weighted by Crippen LogP contribution is -2.50. The van der Waals surface area contributed by atoms with Crippen LogP contribution in [-0.2, 0) is 9.59 Å². The summed E-state index contributed by atoms with van der Waals surface area (Å²) in [5, 5.41) is 5.70. The van der Waals surface area contributed by atoms with E-state index in [1.165, 1.54) is 0 Å². The lowest BCUT2D eigenvalue weighted by Gasteiger charge is -2.28. The summed E-state index contributed by atoms with van der Waals surface area (Å²) in [5.41, 5.74) is -0.916. The van der Waals surface area contributed by atoms with Crippen LogP contribution in [-0.4, -0.2) is 65.9 Å². The van der Waals surface area contributed by atoms with Crippen LogP contribution in [0.3, 0.4) is 0 Å². The maximum absolute atomic E-state index is 12.0. The molecule has 2 heterocycles. The van der Waals surface area contributed by atoms with Gasteiger partial charge in [0.25, 0.3) is 5.91 Å². The first-order valence-corrected chi connectivity index (χ1v) is 6.04. The van der Waals surface area contributed by atoms with Crippen LogP contribution in [0, 0.1) is 0 Å². The van der Waals surface area contributed by atoms with Gasteiger partial charge in [-0.2, -0.15) is 0 Å². The van der Waals surface area contributed by atoms with Gasteiger partial charge in [-0.3, -0.25) is 14.5 Å². The number of urea groups is 1. The number of rotatable bonds is 2. The molecule has 2 aliphatic heterocycles. The predicted molar refractivity (Wildman–Crippen MR) is 63.8 cm³/mol. The Labute approximate surface area is 105 Å². The topological polar surface area (TPSA) is 81.8 Å². The summed E-state index contributed by atoms with van der Waals surface area (Å²) in [6.45, 7) is 5.81. The lowest BCUT2D eigenvalue weighted by atomic mass is 10.1. The van der Waals surface area contributed by atoms with Gasteiger partial charge in [0.2, 0.25) is 5.91 Å². The lowest BCUT2D eigenvalue weighted by molar-refractivity contribution is -0.138. The van der Waals surface area contributed by atoms with E-state index in [4.69, 9.17) is 0 Å². The molecule has 0 bridgehead atoms. The van der Waals surface area contributed by atoms with Crippen LogP contribution in [0.25, 0.3) is 0 Å². The van der Waals surface area contributed by atoms with E-state index < -0.39 is 11.6 Å². The highest BCUT2D eigenvalue weighted by Gasteiger charge is 2.45. The zero-order valence-corrected chi connectivity index (χ0v) is 10.7. The smallest absolute Gasteiger partial charge is 0.325 e. The standard InChI is InChI=1S/C11H18N4O3/c1-11(2)9(17)15(10(18)13-11)7-8(16)14-5-3-12-4-6-14/h12H,3-7H2,1-2H3,(H,13,18). The molecule has 2 saturated heterocycles. The molecular formula is C11H18N4O3. The van der Waals surface area contributed by atoms with Gasteiger partial charge in [-0.15, -0.1) is 0 Å². The minimum atomic E-state index is -0.916. The van der Waals surface area contributed by atoms with Crippen molar-refractivity contribution >= 4 is 17.8 Å². The van der Waals surface area contributed by atoms with Crippen molar-refractivity contribution in [2.24, 2.45) is 0 Å². The first-order valence-electron chi connectivity index (χ1n) is 6.04. The number of piperazine rings is 1. The molecule has 0 saturated carbocycles. The van der Waals surface area contributed by atoms with Crippen molar-refractivity contribution in [2.75, 3.05) is 32.7 Å². The van der Waals surface area contributed by atoms with Crippen LogP contribution in [0.5, 0.6) is 0 Å². The number of carbonyl (C=O) groups excluding carboxylic acids is 3. The summed E-state index contributed by atoms with van der Waals surface area (Å²) < 4.78 is 0. The van der Waals surface area contributed by atoms with Gasteiger partial charge in [0.15, 0.2) is 0 Å². The Balaban J connectivity index is 1.99. The monoisotopic (exact) mass is 254 g/mol. The van der Waals surface area contributed by atoms with E-state index in [2.05, 4.69) is 10.6 Å². The number of amides is 4. The highest BCUT2D eigenvalue weighted by atomic mass is 16.2. The third-order valence-electron chi connectivity index (χ3n) is 3.21. The molecule has 7 heteroatoms. The third-order valence-corrected chi connectivity index (χ3v) is 3.21. The highest BCUT2D eigenvalue weighted by Crippen LogP contribution is 2.16. The molecule has 0 aromatic heterocycles. The molecule has 0 spiro atoms. The fourth-order valence-corrected chi connectivity index (χ4v) is 2.11. The Bertz CT molecular complexity index is 388. The third kappa shape index (κ3) is 2.31. The Morgan fingerprint density at radius 1 is 1.28 bits per heavy atom. The molecule has 0 unspecified atom stereocenters. The molecule has 4 amide bonds. The van der Waals surface area contributed by atoms with Gasteiger partial charge in [0.05, 0.1) is 0 Å². The first-order chi connectivity index (χ1) is 8.42. The maximum Gasteiger partial charge on any atom is 0.325 e. The van der Waals surface area contributed by atoms with Crippen molar-refractivity contribution in [3.8, 4) is 0 Å². The molecule has 0 aromatic rings. The molecule has 2 aliphatic rings. The highest BCUT2D eigenvalue weighted by molar-refractivity contribution is 6.08. The number of nitrogens with one attached hydrogen (secondary N) is 2. The van der Waals surface area contributed by atoms with Crippen molar-refractivity contribution in [2.45, 2.75) is 19.4 Å².